The molecule has 1 aliphatic heterocycles. The maximum Gasteiger partial charge on any atom is 0.229 e. The first-order valence-corrected chi connectivity index (χ1v) is 13.6. The van der Waals surface area contributed by atoms with Gasteiger partial charge >= 0.3 is 0 Å². The number of nitrogens with zero attached hydrogens (tertiary/aromatic N) is 6. The number of hydrogen-bond acceptors (Lipinski definition) is 10. The summed E-state index contributed by atoms with van der Waals surface area (Å²) in [7, 11) is -0.239. The number of nitriles is 1. The number of pyridine rings is 1. The second-order valence-corrected chi connectivity index (χ2v) is 11.3. The van der Waals surface area contributed by atoms with E-state index in [1.807, 2.05) is 0 Å². The molecular formula is C24H29N9OS. The van der Waals surface area contributed by atoms with Gasteiger partial charge in [0.1, 0.15) is 17.5 Å². The first kappa shape index (κ1) is 24.5. The van der Waals surface area contributed by atoms with E-state index in [0.29, 0.717) is 29.9 Å². The quantitative estimate of drug-likeness (QED) is 0.454. The summed E-state index contributed by atoms with van der Waals surface area (Å²) in [5, 5.41) is 15.9. The summed E-state index contributed by atoms with van der Waals surface area (Å²) in [5.41, 5.74) is 10.9. The van der Waals surface area contributed by atoms with Gasteiger partial charge in [0.15, 0.2) is 11.6 Å². The summed E-state index contributed by atoms with van der Waals surface area (Å²) in [6, 6.07) is 11.5. The molecule has 0 fully saturated rings. The van der Waals surface area contributed by atoms with Crippen LogP contribution in [0, 0.1) is 11.3 Å². The second kappa shape index (κ2) is 10.4. The average Bonchev–Trinajstić information content (AvgIpc) is 2.78. The van der Waals surface area contributed by atoms with Crippen molar-refractivity contribution < 1.29 is 4.21 Å². The van der Waals surface area contributed by atoms with Crippen LogP contribution in [0.25, 0.3) is 0 Å². The predicted octanol–water partition coefficient (Wildman–Crippen LogP) is 3.08. The Hall–Kier alpha value is -3.59. The monoisotopic (exact) mass is 491 g/mol. The molecule has 0 saturated heterocycles. The van der Waals surface area contributed by atoms with Crippen molar-refractivity contribution in [2.75, 3.05) is 43.3 Å². The Morgan fingerprint density at radius 2 is 2.09 bits per heavy atom. The lowest BCUT2D eigenvalue weighted by Gasteiger charge is -2.27. The van der Waals surface area contributed by atoms with Gasteiger partial charge in [0.25, 0.3) is 0 Å². The highest BCUT2D eigenvalue weighted by molar-refractivity contribution is 7.92. The van der Waals surface area contributed by atoms with Gasteiger partial charge in [-0.25, -0.2) is 14.2 Å². The summed E-state index contributed by atoms with van der Waals surface area (Å²) >= 11 is 0. The van der Waals surface area contributed by atoms with Crippen molar-refractivity contribution in [3.05, 3.63) is 58.8 Å². The van der Waals surface area contributed by atoms with Crippen molar-refractivity contribution in [1.82, 2.24) is 19.9 Å². The predicted molar refractivity (Wildman–Crippen MR) is 139 cm³/mol. The van der Waals surface area contributed by atoms with Gasteiger partial charge in [-0.15, -0.1) is 0 Å². The highest BCUT2D eigenvalue weighted by Crippen LogP contribution is 2.28. The maximum atomic E-state index is 12.0. The van der Waals surface area contributed by atoms with Gasteiger partial charge in [0, 0.05) is 41.0 Å². The van der Waals surface area contributed by atoms with E-state index in [-0.39, 0.29) is 5.56 Å². The SMILES string of the molecule is CN1CCc2c(CCN)cc(Nc3ncc(C#N)c(Nc4cccc(N=S(C)(C)=O)n4)n3)cc2C1. The molecule has 182 valence electrons. The van der Waals surface area contributed by atoms with Crippen molar-refractivity contribution in [2.45, 2.75) is 19.4 Å². The molecule has 0 radical (unpaired) electrons. The smallest absolute Gasteiger partial charge is 0.229 e. The molecule has 35 heavy (non-hydrogen) atoms. The summed E-state index contributed by atoms with van der Waals surface area (Å²) in [4.78, 5) is 15.5. The van der Waals surface area contributed by atoms with E-state index in [1.54, 1.807) is 30.7 Å². The van der Waals surface area contributed by atoms with Crippen LogP contribution in [0.15, 0.2) is 40.9 Å². The Morgan fingerprint density at radius 1 is 1.26 bits per heavy atom. The molecule has 0 unspecified atom stereocenters. The van der Waals surface area contributed by atoms with Crippen LogP contribution in [-0.2, 0) is 29.1 Å². The van der Waals surface area contributed by atoms with Crippen molar-refractivity contribution in [3.8, 4) is 6.07 Å². The van der Waals surface area contributed by atoms with Crippen molar-refractivity contribution >= 4 is 38.8 Å². The molecular weight excluding hydrogens is 462 g/mol. The van der Waals surface area contributed by atoms with Gasteiger partial charge < -0.3 is 21.3 Å². The van der Waals surface area contributed by atoms with Gasteiger partial charge in [-0.3, -0.25) is 0 Å². The van der Waals surface area contributed by atoms with Crippen LogP contribution in [0.4, 0.5) is 29.1 Å². The van der Waals surface area contributed by atoms with Crippen molar-refractivity contribution in [2.24, 2.45) is 10.1 Å². The fourth-order valence-electron chi connectivity index (χ4n) is 4.02. The Morgan fingerprint density at radius 3 is 2.83 bits per heavy atom. The lowest BCUT2D eigenvalue weighted by atomic mass is 9.92. The van der Waals surface area contributed by atoms with E-state index in [2.05, 4.69) is 60.1 Å². The largest absolute Gasteiger partial charge is 0.330 e. The van der Waals surface area contributed by atoms with Crippen molar-refractivity contribution in [1.29, 1.82) is 5.26 Å². The summed E-state index contributed by atoms with van der Waals surface area (Å²) in [6.45, 7) is 2.48. The molecule has 11 heteroatoms. The molecule has 0 amide bonds. The van der Waals surface area contributed by atoms with Crippen LogP contribution in [0.1, 0.15) is 22.3 Å². The molecule has 0 atom stereocenters. The molecule has 3 heterocycles. The standard InChI is InChI=1S/C24H29N9OS/c1-33-10-8-20-16(7-9-25)11-19(12-17(20)15-33)28-24-27-14-18(13-26)23(31-24)30-21-5-4-6-22(29-21)32-35(2,3)34/h4-6,11-12,14H,7-10,15,25H2,1-3H3,(H2,27,28,29,30,31). The van der Waals surface area contributed by atoms with E-state index < -0.39 is 9.73 Å². The molecule has 3 aromatic rings. The van der Waals surface area contributed by atoms with Crippen LogP contribution in [0.3, 0.4) is 0 Å². The Labute approximate surface area is 205 Å². The van der Waals surface area contributed by atoms with Crippen LogP contribution < -0.4 is 16.4 Å². The lowest BCUT2D eigenvalue weighted by Crippen LogP contribution is -2.27. The number of anilines is 4. The minimum Gasteiger partial charge on any atom is -0.330 e. The molecule has 0 bridgehead atoms. The summed E-state index contributed by atoms with van der Waals surface area (Å²) < 4.78 is 16.1. The van der Waals surface area contributed by atoms with E-state index in [0.717, 1.165) is 31.6 Å². The lowest BCUT2D eigenvalue weighted by molar-refractivity contribution is 0.312. The number of aromatic nitrogens is 3. The van der Waals surface area contributed by atoms with E-state index in [9.17, 15) is 9.47 Å². The Kier molecular flexibility index (Phi) is 7.25. The van der Waals surface area contributed by atoms with Gasteiger partial charge in [-0.2, -0.15) is 14.6 Å². The number of nitrogens with one attached hydrogen (secondary N) is 2. The number of fused-ring (bicyclic) bond motifs is 1. The molecule has 0 spiro atoms. The van der Waals surface area contributed by atoms with Crippen LogP contribution >= 0.6 is 0 Å². The van der Waals surface area contributed by atoms with Crippen molar-refractivity contribution in [3.63, 3.8) is 0 Å². The third-order valence-electron chi connectivity index (χ3n) is 5.49. The Balaban J connectivity index is 1.63. The molecule has 0 aliphatic carbocycles. The molecule has 2 aromatic heterocycles. The fourth-order valence-corrected chi connectivity index (χ4v) is 4.57. The zero-order valence-corrected chi connectivity index (χ0v) is 20.9. The van der Waals surface area contributed by atoms with Crippen LogP contribution in [0.2, 0.25) is 0 Å². The maximum absolute atomic E-state index is 12.0. The van der Waals surface area contributed by atoms with Gasteiger partial charge in [-0.05, 0) is 67.4 Å². The second-order valence-electron chi connectivity index (χ2n) is 8.77. The molecule has 4 N–H and O–H groups in total. The third kappa shape index (κ3) is 6.30. The topological polar surface area (TPSA) is 145 Å². The van der Waals surface area contributed by atoms with Crippen LogP contribution in [-0.4, -0.2) is 56.7 Å². The minimum absolute atomic E-state index is 0.269. The van der Waals surface area contributed by atoms with Gasteiger partial charge in [-0.1, -0.05) is 6.07 Å². The Bertz CT molecular complexity index is 1380. The number of hydrogen-bond donors (Lipinski definition) is 3. The minimum atomic E-state index is -2.35. The zero-order chi connectivity index (χ0) is 25.0. The first-order chi connectivity index (χ1) is 16.7. The number of nitrogens with two attached hydrogens (primary N) is 1. The molecule has 4 rings (SSSR count). The highest BCUT2D eigenvalue weighted by atomic mass is 32.2. The van der Waals surface area contributed by atoms with E-state index in [4.69, 9.17) is 5.73 Å². The number of rotatable bonds is 7. The molecule has 0 saturated carbocycles. The molecule has 1 aliphatic rings. The van der Waals surface area contributed by atoms with E-state index in [1.165, 1.54) is 22.9 Å². The highest BCUT2D eigenvalue weighted by Gasteiger charge is 2.18. The van der Waals surface area contributed by atoms with Crippen LogP contribution in [0.5, 0.6) is 0 Å². The average molecular weight is 492 g/mol. The zero-order valence-electron chi connectivity index (χ0n) is 20.1. The number of benzene rings is 1. The number of likely N-dealkylation sites (N-methyl/N-ethyl adjacent to an activating group) is 1. The molecule has 1 aromatic carbocycles. The summed E-state index contributed by atoms with van der Waals surface area (Å²) in [5.74, 6) is 1.42. The van der Waals surface area contributed by atoms with Gasteiger partial charge in [0.05, 0.1) is 6.20 Å². The van der Waals surface area contributed by atoms with E-state index >= 15 is 0 Å². The first-order valence-electron chi connectivity index (χ1n) is 11.2. The van der Waals surface area contributed by atoms with Gasteiger partial charge in [0.2, 0.25) is 5.95 Å². The normalized spacial score (nSPS) is 13.6. The third-order valence-corrected chi connectivity index (χ3v) is 6.12. The molecule has 10 nitrogen and oxygen atoms in total. The summed E-state index contributed by atoms with van der Waals surface area (Å²) in [6.07, 6.45) is 6.36. The fraction of sp³-hybridized carbons (Fsp3) is 0.333.